The summed E-state index contributed by atoms with van der Waals surface area (Å²) in [6, 6.07) is 2.39. The van der Waals surface area contributed by atoms with Gasteiger partial charge in [-0.1, -0.05) is 6.07 Å². The normalized spacial score (nSPS) is 11.8. The standard InChI is InChI=1S/C8H6F4O/c9-5-2-1-3-6(10)7(5)8(11,12)4-13/h1-3,13H,4H2. The minimum Gasteiger partial charge on any atom is -0.390 e. The van der Waals surface area contributed by atoms with Crippen LogP contribution < -0.4 is 0 Å². The number of alkyl halides is 2. The molecule has 0 fully saturated rings. The van der Waals surface area contributed by atoms with Crippen LogP contribution in [0.25, 0.3) is 0 Å². The Morgan fingerprint density at radius 2 is 1.62 bits per heavy atom. The third kappa shape index (κ3) is 1.80. The van der Waals surface area contributed by atoms with Crippen LogP contribution >= 0.6 is 0 Å². The molecular weight excluding hydrogens is 188 g/mol. The predicted molar refractivity (Wildman–Crippen MR) is 37.3 cm³/mol. The van der Waals surface area contributed by atoms with Crippen molar-refractivity contribution in [2.75, 3.05) is 6.61 Å². The molecule has 0 amide bonds. The minimum atomic E-state index is -3.88. The first-order valence-corrected chi connectivity index (χ1v) is 3.42. The molecule has 0 aliphatic carbocycles. The Labute approximate surface area is 71.6 Å². The van der Waals surface area contributed by atoms with E-state index in [1.54, 1.807) is 0 Å². The Kier molecular flexibility index (Phi) is 2.56. The number of aliphatic hydroxyl groups is 1. The molecule has 0 radical (unpaired) electrons. The van der Waals surface area contributed by atoms with Crippen LogP contribution in [-0.4, -0.2) is 11.7 Å². The summed E-state index contributed by atoms with van der Waals surface area (Å²) in [4.78, 5) is 0. The molecule has 1 aromatic rings. The first-order valence-electron chi connectivity index (χ1n) is 3.42. The van der Waals surface area contributed by atoms with Crippen molar-refractivity contribution in [3.05, 3.63) is 35.4 Å². The van der Waals surface area contributed by atoms with E-state index in [2.05, 4.69) is 0 Å². The van der Waals surface area contributed by atoms with Crippen molar-refractivity contribution in [2.45, 2.75) is 5.92 Å². The quantitative estimate of drug-likeness (QED) is 0.714. The van der Waals surface area contributed by atoms with Gasteiger partial charge in [-0.3, -0.25) is 0 Å². The fourth-order valence-electron chi connectivity index (χ4n) is 0.926. The van der Waals surface area contributed by atoms with Crippen LogP contribution in [0.1, 0.15) is 5.56 Å². The van der Waals surface area contributed by atoms with Crippen molar-refractivity contribution in [1.82, 2.24) is 0 Å². The lowest BCUT2D eigenvalue weighted by Gasteiger charge is -2.14. The van der Waals surface area contributed by atoms with Gasteiger partial charge in [0.05, 0.1) is 5.56 Å². The van der Waals surface area contributed by atoms with E-state index in [0.29, 0.717) is 12.1 Å². The summed E-state index contributed by atoms with van der Waals surface area (Å²) in [5.41, 5.74) is -1.39. The van der Waals surface area contributed by atoms with E-state index in [9.17, 15) is 17.6 Å². The molecule has 1 aromatic carbocycles. The van der Waals surface area contributed by atoms with Crippen molar-refractivity contribution >= 4 is 0 Å². The van der Waals surface area contributed by atoms with E-state index in [4.69, 9.17) is 5.11 Å². The summed E-state index contributed by atoms with van der Waals surface area (Å²) < 4.78 is 50.8. The van der Waals surface area contributed by atoms with Crippen molar-refractivity contribution < 1.29 is 22.7 Å². The zero-order chi connectivity index (χ0) is 10.1. The Morgan fingerprint density at radius 1 is 1.15 bits per heavy atom. The maximum absolute atomic E-state index is 12.7. The Balaban J connectivity index is 3.28. The highest BCUT2D eigenvalue weighted by Crippen LogP contribution is 2.31. The van der Waals surface area contributed by atoms with Gasteiger partial charge in [-0.15, -0.1) is 0 Å². The smallest absolute Gasteiger partial charge is 0.301 e. The van der Waals surface area contributed by atoms with Crippen LogP contribution in [0.4, 0.5) is 17.6 Å². The minimum absolute atomic E-state index is 0.710. The van der Waals surface area contributed by atoms with Crippen LogP contribution in [0.3, 0.4) is 0 Å². The Hall–Kier alpha value is -1.10. The number of halogens is 4. The lowest BCUT2D eigenvalue weighted by atomic mass is 10.1. The number of rotatable bonds is 2. The van der Waals surface area contributed by atoms with Gasteiger partial charge in [-0.2, -0.15) is 8.78 Å². The molecule has 1 N–H and O–H groups in total. The Bertz CT molecular complexity index is 291. The first kappa shape index (κ1) is 9.98. The average Bonchev–Trinajstić information content (AvgIpc) is 2.03. The Morgan fingerprint density at radius 3 is 2.00 bits per heavy atom. The van der Waals surface area contributed by atoms with Gasteiger partial charge in [0.1, 0.15) is 18.2 Å². The zero-order valence-electron chi connectivity index (χ0n) is 6.40. The van der Waals surface area contributed by atoms with Crippen LogP contribution in [0.5, 0.6) is 0 Å². The second-order valence-corrected chi connectivity index (χ2v) is 2.46. The molecule has 0 aromatic heterocycles. The van der Waals surface area contributed by atoms with Crippen LogP contribution in [0.2, 0.25) is 0 Å². The average molecular weight is 194 g/mol. The van der Waals surface area contributed by atoms with E-state index in [-0.39, 0.29) is 0 Å². The number of aliphatic hydroxyl groups excluding tert-OH is 1. The molecule has 0 aliphatic rings. The number of hydrogen-bond acceptors (Lipinski definition) is 1. The molecular formula is C8H6F4O. The third-order valence-corrected chi connectivity index (χ3v) is 1.53. The second kappa shape index (κ2) is 3.33. The molecule has 0 aliphatic heterocycles. The topological polar surface area (TPSA) is 20.2 Å². The summed E-state index contributed by atoms with van der Waals surface area (Å²) in [5.74, 6) is -6.60. The molecule has 0 atom stereocenters. The van der Waals surface area contributed by atoms with Gasteiger partial charge >= 0.3 is 5.92 Å². The molecule has 0 unspecified atom stereocenters. The van der Waals surface area contributed by atoms with Crippen LogP contribution in [0, 0.1) is 11.6 Å². The lowest BCUT2D eigenvalue weighted by Crippen LogP contribution is -2.22. The number of benzene rings is 1. The van der Waals surface area contributed by atoms with Gasteiger partial charge in [-0.25, -0.2) is 8.78 Å². The van der Waals surface area contributed by atoms with Crippen molar-refractivity contribution in [3.63, 3.8) is 0 Å². The van der Waals surface area contributed by atoms with Gasteiger partial charge in [0, 0.05) is 0 Å². The van der Waals surface area contributed by atoms with Crippen molar-refractivity contribution in [2.24, 2.45) is 0 Å². The summed E-state index contributed by atoms with van der Waals surface area (Å²) in [5, 5.41) is 8.21. The molecule has 0 saturated heterocycles. The summed E-state index contributed by atoms with van der Waals surface area (Å²) >= 11 is 0. The molecule has 5 heteroatoms. The van der Waals surface area contributed by atoms with Gasteiger partial charge in [-0.05, 0) is 12.1 Å². The molecule has 1 nitrogen and oxygen atoms in total. The first-order chi connectivity index (χ1) is 5.99. The van der Waals surface area contributed by atoms with Crippen molar-refractivity contribution in [1.29, 1.82) is 0 Å². The largest absolute Gasteiger partial charge is 0.390 e. The highest BCUT2D eigenvalue weighted by molar-refractivity contribution is 5.24. The zero-order valence-corrected chi connectivity index (χ0v) is 6.40. The van der Waals surface area contributed by atoms with E-state index in [1.807, 2.05) is 0 Å². The van der Waals surface area contributed by atoms with Crippen molar-refractivity contribution in [3.8, 4) is 0 Å². The molecule has 0 bridgehead atoms. The molecule has 1 rings (SSSR count). The summed E-state index contributed by atoms with van der Waals surface area (Å²) in [6.45, 7) is -1.62. The molecule has 0 heterocycles. The monoisotopic (exact) mass is 194 g/mol. The SMILES string of the molecule is OCC(F)(F)c1c(F)cccc1F. The maximum atomic E-state index is 12.7. The van der Waals surface area contributed by atoms with E-state index in [1.165, 1.54) is 0 Å². The molecule has 72 valence electrons. The van der Waals surface area contributed by atoms with Gasteiger partial charge in [0.2, 0.25) is 0 Å². The highest BCUT2D eigenvalue weighted by Gasteiger charge is 2.36. The second-order valence-electron chi connectivity index (χ2n) is 2.46. The maximum Gasteiger partial charge on any atom is 0.301 e. The van der Waals surface area contributed by atoms with Gasteiger partial charge in [0.25, 0.3) is 0 Å². The molecule has 13 heavy (non-hydrogen) atoms. The third-order valence-electron chi connectivity index (χ3n) is 1.53. The summed E-state index contributed by atoms with van der Waals surface area (Å²) in [6.07, 6.45) is 0. The summed E-state index contributed by atoms with van der Waals surface area (Å²) in [7, 11) is 0. The van der Waals surface area contributed by atoms with Gasteiger partial charge in [0.15, 0.2) is 0 Å². The van der Waals surface area contributed by atoms with Gasteiger partial charge < -0.3 is 5.11 Å². The fraction of sp³-hybridized carbons (Fsp3) is 0.250. The van der Waals surface area contributed by atoms with E-state index >= 15 is 0 Å². The number of hydrogen-bond donors (Lipinski definition) is 1. The van der Waals surface area contributed by atoms with E-state index in [0.717, 1.165) is 6.07 Å². The lowest BCUT2D eigenvalue weighted by molar-refractivity contribution is -0.0610. The predicted octanol–water partition coefficient (Wildman–Crippen LogP) is 2.05. The van der Waals surface area contributed by atoms with Crippen LogP contribution in [0.15, 0.2) is 18.2 Å². The van der Waals surface area contributed by atoms with Crippen LogP contribution in [-0.2, 0) is 5.92 Å². The highest BCUT2D eigenvalue weighted by atomic mass is 19.3. The molecule has 0 saturated carbocycles. The van der Waals surface area contributed by atoms with E-state index < -0.39 is 29.7 Å². The molecule has 0 spiro atoms. The fourth-order valence-corrected chi connectivity index (χ4v) is 0.926.